The van der Waals surface area contributed by atoms with Crippen molar-refractivity contribution in [2.75, 3.05) is 13.7 Å². The molecule has 44 heavy (non-hydrogen) atoms. The van der Waals surface area contributed by atoms with Crippen molar-refractivity contribution in [2.24, 2.45) is 5.92 Å². The van der Waals surface area contributed by atoms with Crippen LogP contribution in [0.5, 0.6) is 5.75 Å². The van der Waals surface area contributed by atoms with Crippen LogP contribution in [0.15, 0.2) is 109 Å². The smallest absolute Gasteiger partial charge is 0.410 e. The van der Waals surface area contributed by atoms with Crippen molar-refractivity contribution >= 4 is 6.09 Å². The number of nitrogens with zero attached hydrogens (tertiary/aromatic N) is 1. The summed E-state index contributed by atoms with van der Waals surface area (Å²) in [6.45, 7) is 8.31. The number of nitrogens with one attached hydrogen (secondary N) is 1. The molecule has 0 spiro atoms. The van der Waals surface area contributed by atoms with Crippen LogP contribution >= 0.6 is 0 Å². The number of benzene rings is 4. The zero-order valence-electron chi connectivity index (χ0n) is 26.2. The zero-order valence-corrected chi connectivity index (χ0v) is 26.2. The monoisotopic (exact) mass is 592 g/mol. The van der Waals surface area contributed by atoms with Gasteiger partial charge in [-0.1, -0.05) is 117 Å². The van der Waals surface area contributed by atoms with E-state index in [9.17, 15) is 4.79 Å². The van der Waals surface area contributed by atoms with Gasteiger partial charge in [-0.05, 0) is 41.2 Å². The lowest BCUT2D eigenvalue weighted by atomic mass is 9.91. The van der Waals surface area contributed by atoms with Crippen molar-refractivity contribution in [1.82, 2.24) is 10.2 Å². The molecule has 1 fully saturated rings. The van der Waals surface area contributed by atoms with Crippen LogP contribution in [0.4, 0.5) is 4.79 Å². The molecule has 6 heteroatoms. The molecule has 6 nitrogen and oxygen atoms in total. The lowest BCUT2D eigenvalue weighted by Crippen LogP contribution is -2.41. The first-order valence-corrected chi connectivity index (χ1v) is 15.5. The summed E-state index contributed by atoms with van der Waals surface area (Å²) >= 11 is 0. The summed E-state index contributed by atoms with van der Waals surface area (Å²) in [5.74, 6) is 1.25. The molecule has 4 atom stereocenters. The molecule has 1 aliphatic rings. The Kier molecular flexibility index (Phi) is 10.7. The van der Waals surface area contributed by atoms with Gasteiger partial charge >= 0.3 is 6.09 Å². The minimum absolute atomic E-state index is 0.00692. The van der Waals surface area contributed by atoms with Crippen molar-refractivity contribution in [3.8, 4) is 5.75 Å². The Morgan fingerprint density at radius 1 is 0.841 bits per heavy atom. The number of rotatable bonds is 12. The van der Waals surface area contributed by atoms with Crippen molar-refractivity contribution in [3.63, 3.8) is 0 Å². The third-order valence-corrected chi connectivity index (χ3v) is 8.64. The van der Waals surface area contributed by atoms with E-state index in [1.165, 1.54) is 5.56 Å². The molecule has 0 radical (unpaired) electrons. The fraction of sp³-hybridized carbons (Fsp3) is 0.342. The maximum Gasteiger partial charge on any atom is 0.410 e. The number of hydrogen-bond donors (Lipinski definition) is 1. The first kappa shape index (κ1) is 31.3. The molecule has 1 heterocycles. The highest BCUT2D eigenvalue weighted by Crippen LogP contribution is 2.41. The Labute approximate surface area is 262 Å². The van der Waals surface area contributed by atoms with Gasteiger partial charge in [0.25, 0.3) is 0 Å². The lowest BCUT2D eigenvalue weighted by molar-refractivity contribution is 0.0586. The first-order valence-electron chi connectivity index (χ1n) is 15.5. The quantitative estimate of drug-likeness (QED) is 0.181. The molecule has 1 aliphatic heterocycles. The van der Waals surface area contributed by atoms with E-state index in [0.717, 1.165) is 28.0 Å². The fourth-order valence-electron chi connectivity index (χ4n) is 6.18. The molecule has 0 unspecified atom stereocenters. The van der Waals surface area contributed by atoms with E-state index in [0.29, 0.717) is 25.7 Å². The number of hydrogen-bond acceptors (Lipinski definition) is 5. The van der Waals surface area contributed by atoms with Gasteiger partial charge in [0.05, 0.1) is 26.4 Å². The van der Waals surface area contributed by atoms with Crippen molar-refractivity contribution in [2.45, 2.75) is 64.6 Å². The first-order chi connectivity index (χ1) is 21.5. The molecule has 0 saturated carbocycles. The normalized spacial score (nSPS) is 19.7. The van der Waals surface area contributed by atoms with Gasteiger partial charge in [-0.3, -0.25) is 4.90 Å². The molecule has 0 bridgehead atoms. The number of amides is 1. The van der Waals surface area contributed by atoms with Crippen LogP contribution in [0.3, 0.4) is 0 Å². The number of methoxy groups -OCH3 is 1. The maximum atomic E-state index is 13.9. The van der Waals surface area contributed by atoms with Crippen molar-refractivity contribution < 1.29 is 19.0 Å². The van der Waals surface area contributed by atoms with E-state index in [4.69, 9.17) is 14.2 Å². The highest BCUT2D eigenvalue weighted by molar-refractivity contribution is 5.70. The third kappa shape index (κ3) is 7.50. The number of carbonyl (C=O) groups is 1. The van der Waals surface area contributed by atoms with Gasteiger partial charge in [0, 0.05) is 30.1 Å². The molecular formula is C38H44N2O4. The predicted molar refractivity (Wildman–Crippen MR) is 174 cm³/mol. The standard InChI is InChI=1S/C38H44N2O4/c1-27(2)32-20-21-35(42-4)33(22-32)23-39-36-34(26-43-24-29-14-8-5-9-15-29)28(3)40(37(36)31-18-12-7-13-19-31)38(41)44-25-30-16-10-6-11-17-30/h5-22,27-28,34,36-37,39H,23-26H2,1-4H3/t28-,34+,36+,37+/m1/s1. The van der Waals surface area contributed by atoms with Gasteiger partial charge in [0.1, 0.15) is 12.4 Å². The van der Waals surface area contributed by atoms with Crippen LogP contribution < -0.4 is 10.1 Å². The summed E-state index contributed by atoms with van der Waals surface area (Å²) in [5.41, 5.74) is 5.49. The lowest BCUT2D eigenvalue weighted by Gasteiger charge is -2.30. The molecule has 4 aromatic rings. The van der Waals surface area contributed by atoms with E-state index in [-0.39, 0.29) is 36.7 Å². The fourth-order valence-corrected chi connectivity index (χ4v) is 6.18. The van der Waals surface area contributed by atoms with Gasteiger partial charge in [-0.2, -0.15) is 0 Å². The minimum Gasteiger partial charge on any atom is -0.496 e. The Morgan fingerprint density at radius 2 is 1.45 bits per heavy atom. The Hall–Kier alpha value is -4.13. The highest BCUT2D eigenvalue weighted by Gasteiger charge is 2.50. The highest BCUT2D eigenvalue weighted by atomic mass is 16.6. The molecule has 230 valence electrons. The van der Waals surface area contributed by atoms with Crippen LogP contribution in [0, 0.1) is 5.92 Å². The average molecular weight is 593 g/mol. The number of ether oxygens (including phenoxy) is 3. The van der Waals surface area contributed by atoms with Gasteiger partial charge in [-0.25, -0.2) is 4.79 Å². The summed E-state index contributed by atoms with van der Waals surface area (Å²) < 4.78 is 18.0. The Morgan fingerprint density at radius 3 is 2.07 bits per heavy atom. The molecular weight excluding hydrogens is 548 g/mol. The summed E-state index contributed by atoms with van der Waals surface area (Å²) in [7, 11) is 1.71. The molecule has 0 aliphatic carbocycles. The summed E-state index contributed by atoms with van der Waals surface area (Å²) in [6.07, 6.45) is -0.327. The molecule has 1 amide bonds. The van der Waals surface area contributed by atoms with Crippen LogP contribution in [0.25, 0.3) is 0 Å². The summed E-state index contributed by atoms with van der Waals surface area (Å²) in [6, 6.07) is 36.2. The van der Waals surface area contributed by atoms with Gasteiger partial charge < -0.3 is 19.5 Å². The van der Waals surface area contributed by atoms with Crippen molar-refractivity contribution in [1.29, 1.82) is 0 Å². The number of likely N-dealkylation sites (tertiary alicyclic amines) is 1. The van der Waals surface area contributed by atoms with E-state index in [1.54, 1.807) is 7.11 Å². The van der Waals surface area contributed by atoms with E-state index in [2.05, 4.69) is 62.5 Å². The van der Waals surface area contributed by atoms with Crippen LogP contribution in [-0.2, 0) is 29.2 Å². The molecule has 1 N–H and O–H groups in total. The van der Waals surface area contributed by atoms with Crippen LogP contribution in [0.2, 0.25) is 0 Å². The predicted octanol–water partition coefficient (Wildman–Crippen LogP) is 7.89. The third-order valence-electron chi connectivity index (χ3n) is 8.64. The van der Waals surface area contributed by atoms with Gasteiger partial charge in [0.2, 0.25) is 0 Å². The second kappa shape index (κ2) is 15.0. The van der Waals surface area contributed by atoms with Gasteiger partial charge in [-0.15, -0.1) is 0 Å². The molecule has 1 saturated heterocycles. The minimum atomic E-state index is -0.327. The molecule has 0 aromatic heterocycles. The van der Waals surface area contributed by atoms with Crippen molar-refractivity contribution in [3.05, 3.63) is 137 Å². The van der Waals surface area contributed by atoms with Gasteiger partial charge in [0.15, 0.2) is 0 Å². The second-order valence-electron chi connectivity index (χ2n) is 11.8. The SMILES string of the molecule is COc1ccc(C(C)C)cc1CN[C@H]1[C@@H](COCc2ccccc2)[C@@H](C)N(C(=O)OCc2ccccc2)[C@H]1c1ccccc1. The van der Waals surface area contributed by atoms with Crippen LogP contribution in [0.1, 0.15) is 60.5 Å². The maximum absolute atomic E-state index is 13.9. The topological polar surface area (TPSA) is 60.0 Å². The zero-order chi connectivity index (χ0) is 30.9. The van der Waals surface area contributed by atoms with E-state index < -0.39 is 0 Å². The van der Waals surface area contributed by atoms with Crippen LogP contribution in [-0.4, -0.2) is 36.8 Å². The molecule has 5 rings (SSSR count). The Balaban J connectivity index is 1.45. The largest absolute Gasteiger partial charge is 0.496 e. The molecule has 4 aromatic carbocycles. The summed E-state index contributed by atoms with van der Waals surface area (Å²) in [4.78, 5) is 15.8. The van der Waals surface area contributed by atoms with E-state index in [1.807, 2.05) is 77.7 Å². The average Bonchev–Trinajstić information content (AvgIpc) is 3.34. The second-order valence-corrected chi connectivity index (χ2v) is 11.8. The van der Waals surface area contributed by atoms with E-state index >= 15 is 0 Å². The number of carbonyl (C=O) groups excluding carboxylic acids is 1. The Bertz CT molecular complexity index is 1460. The summed E-state index contributed by atoms with van der Waals surface area (Å²) in [5, 5.41) is 3.87.